The fraction of sp³-hybridized carbons (Fsp3) is 0.619. The molecule has 2 aliphatic heterocycles. The van der Waals surface area contributed by atoms with E-state index >= 15 is 0 Å². The summed E-state index contributed by atoms with van der Waals surface area (Å²) in [6.45, 7) is 6.76. The molecule has 0 radical (unpaired) electrons. The maximum absolute atomic E-state index is 12.5. The van der Waals surface area contributed by atoms with Gasteiger partial charge in [0.1, 0.15) is 0 Å². The quantitative estimate of drug-likeness (QED) is 0.772. The number of likely N-dealkylation sites (tertiary alicyclic amines) is 2. The Bertz CT molecular complexity index is 579. The molecule has 2 aliphatic rings. The molecule has 2 saturated heterocycles. The summed E-state index contributed by atoms with van der Waals surface area (Å²) in [4.78, 5) is 29.3. The Labute approximate surface area is 151 Å². The maximum atomic E-state index is 12.5. The van der Waals surface area contributed by atoms with Crippen molar-refractivity contribution in [2.75, 3.05) is 32.7 Å². The van der Waals surface area contributed by atoms with Gasteiger partial charge >= 0.3 is 0 Å². The molecular weight excluding hydrogens is 312 g/mol. The molecule has 1 aromatic rings. The molecule has 0 saturated carbocycles. The van der Waals surface area contributed by atoms with Crippen molar-refractivity contribution in [2.24, 2.45) is 11.8 Å². The smallest absolute Gasteiger partial charge is 0.223 e. The van der Waals surface area contributed by atoms with Gasteiger partial charge in [-0.2, -0.15) is 0 Å². The molecule has 0 spiro atoms. The predicted molar refractivity (Wildman–Crippen MR) is 99.5 cm³/mol. The Morgan fingerprint density at radius 1 is 1.04 bits per heavy atom. The van der Waals surface area contributed by atoms with Gasteiger partial charge in [-0.05, 0) is 44.7 Å². The molecule has 2 fully saturated rings. The monoisotopic (exact) mass is 342 g/mol. The van der Waals surface area contributed by atoms with Crippen LogP contribution >= 0.6 is 0 Å². The van der Waals surface area contributed by atoms with Gasteiger partial charge < -0.3 is 9.80 Å². The molecule has 25 heavy (non-hydrogen) atoms. The topological polar surface area (TPSA) is 40.6 Å². The van der Waals surface area contributed by atoms with Crippen LogP contribution in [-0.2, 0) is 4.79 Å². The lowest BCUT2D eigenvalue weighted by atomic mass is 9.89. The van der Waals surface area contributed by atoms with Crippen LogP contribution in [0.3, 0.4) is 0 Å². The Morgan fingerprint density at radius 3 is 2.44 bits per heavy atom. The Morgan fingerprint density at radius 2 is 1.76 bits per heavy atom. The van der Waals surface area contributed by atoms with E-state index in [1.54, 1.807) is 0 Å². The molecule has 1 amide bonds. The minimum atomic E-state index is 0.136. The fourth-order valence-electron chi connectivity index (χ4n) is 4.08. The van der Waals surface area contributed by atoms with E-state index < -0.39 is 0 Å². The van der Waals surface area contributed by atoms with E-state index in [-0.39, 0.29) is 11.7 Å². The molecule has 3 rings (SSSR count). The van der Waals surface area contributed by atoms with Gasteiger partial charge in [0, 0.05) is 37.5 Å². The summed E-state index contributed by atoms with van der Waals surface area (Å²) in [5.41, 5.74) is 0.829. The van der Waals surface area contributed by atoms with Gasteiger partial charge in [-0.3, -0.25) is 9.59 Å². The summed E-state index contributed by atoms with van der Waals surface area (Å²) in [6, 6.07) is 9.62. The summed E-state index contributed by atoms with van der Waals surface area (Å²) in [5.74, 6) is 1.35. The molecule has 4 nitrogen and oxygen atoms in total. The first-order valence-corrected chi connectivity index (χ1v) is 9.73. The summed E-state index contributed by atoms with van der Waals surface area (Å²) in [6.07, 6.45) is 4.81. The number of amides is 1. The molecule has 1 aromatic carbocycles. The van der Waals surface area contributed by atoms with Crippen molar-refractivity contribution < 1.29 is 9.59 Å². The third kappa shape index (κ3) is 4.91. The van der Waals surface area contributed by atoms with E-state index in [9.17, 15) is 9.59 Å². The van der Waals surface area contributed by atoms with Crippen molar-refractivity contribution in [2.45, 2.75) is 39.0 Å². The second kappa shape index (κ2) is 8.61. The molecule has 0 N–H and O–H groups in total. The number of carbonyl (C=O) groups excluding carboxylic acids is 2. The van der Waals surface area contributed by atoms with Crippen LogP contribution in [-0.4, -0.2) is 54.2 Å². The largest absolute Gasteiger partial charge is 0.342 e. The van der Waals surface area contributed by atoms with Gasteiger partial charge in [0.15, 0.2) is 5.78 Å². The number of nitrogens with zero attached hydrogens (tertiary/aromatic N) is 2. The zero-order chi connectivity index (χ0) is 17.6. The van der Waals surface area contributed by atoms with Gasteiger partial charge in [0.2, 0.25) is 5.91 Å². The molecule has 0 aliphatic carbocycles. The first-order chi connectivity index (χ1) is 12.1. The summed E-state index contributed by atoms with van der Waals surface area (Å²) in [5, 5.41) is 0. The van der Waals surface area contributed by atoms with Crippen molar-refractivity contribution in [1.29, 1.82) is 0 Å². The summed E-state index contributed by atoms with van der Waals surface area (Å²) >= 11 is 0. The molecule has 0 aromatic heterocycles. The van der Waals surface area contributed by atoms with E-state index in [4.69, 9.17) is 0 Å². The average molecular weight is 342 g/mol. The Kier molecular flexibility index (Phi) is 6.24. The number of carbonyl (C=O) groups is 2. The first-order valence-electron chi connectivity index (χ1n) is 9.73. The van der Waals surface area contributed by atoms with Gasteiger partial charge in [-0.25, -0.2) is 0 Å². The molecule has 0 bridgehead atoms. The van der Waals surface area contributed by atoms with Crippen molar-refractivity contribution in [3.63, 3.8) is 0 Å². The van der Waals surface area contributed by atoms with E-state index in [1.165, 1.54) is 6.42 Å². The lowest BCUT2D eigenvalue weighted by molar-refractivity contribution is -0.133. The van der Waals surface area contributed by atoms with Gasteiger partial charge in [-0.1, -0.05) is 37.3 Å². The van der Waals surface area contributed by atoms with Crippen LogP contribution < -0.4 is 0 Å². The lowest BCUT2D eigenvalue weighted by Gasteiger charge is -2.33. The fourth-order valence-corrected chi connectivity index (χ4v) is 4.08. The average Bonchev–Trinajstić information content (AvgIpc) is 2.66. The third-order valence-electron chi connectivity index (χ3n) is 5.67. The number of hydrogen-bond acceptors (Lipinski definition) is 3. The van der Waals surface area contributed by atoms with Crippen LogP contribution in [0.15, 0.2) is 30.3 Å². The maximum Gasteiger partial charge on any atom is 0.223 e. The van der Waals surface area contributed by atoms with Crippen LogP contribution in [0.4, 0.5) is 0 Å². The lowest BCUT2D eigenvalue weighted by Crippen LogP contribution is -2.42. The zero-order valence-corrected chi connectivity index (χ0v) is 15.3. The van der Waals surface area contributed by atoms with Crippen LogP contribution in [0.2, 0.25) is 0 Å². The highest BCUT2D eigenvalue weighted by Crippen LogP contribution is 2.22. The Hall–Kier alpha value is -1.68. The van der Waals surface area contributed by atoms with Gasteiger partial charge in [0.05, 0.1) is 0 Å². The molecule has 136 valence electrons. The van der Waals surface area contributed by atoms with E-state index in [1.807, 2.05) is 35.2 Å². The number of rotatable bonds is 5. The number of Topliss-reactive ketones (excluding diaryl/α,β-unsaturated/α-hetero) is 1. The second-order valence-electron chi connectivity index (χ2n) is 7.68. The SMILES string of the molecule is C[C@H]1CCCN(C(=O)CCN2CCC(C(=O)c3ccccc3)CC2)C1. The normalized spacial score (nSPS) is 22.8. The summed E-state index contributed by atoms with van der Waals surface area (Å²) < 4.78 is 0. The second-order valence-corrected chi connectivity index (χ2v) is 7.68. The minimum Gasteiger partial charge on any atom is -0.342 e. The van der Waals surface area contributed by atoms with Crippen molar-refractivity contribution in [3.8, 4) is 0 Å². The van der Waals surface area contributed by atoms with Crippen LogP contribution in [0, 0.1) is 11.8 Å². The van der Waals surface area contributed by atoms with Crippen LogP contribution in [0.25, 0.3) is 0 Å². The van der Waals surface area contributed by atoms with Crippen LogP contribution in [0.1, 0.15) is 49.4 Å². The van der Waals surface area contributed by atoms with Gasteiger partial charge in [-0.15, -0.1) is 0 Å². The number of hydrogen-bond donors (Lipinski definition) is 0. The molecule has 0 unspecified atom stereocenters. The van der Waals surface area contributed by atoms with E-state index in [0.29, 0.717) is 18.2 Å². The highest BCUT2D eigenvalue weighted by molar-refractivity contribution is 5.97. The van der Waals surface area contributed by atoms with Gasteiger partial charge in [0.25, 0.3) is 0 Å². The molecule has 1 atom stereocenters. The van der Waals surface area contributed by atoms with Crippen molar-refractivity contribution in [1.82, 2.24) is 9.80 Å². The molecular formula is C21H30N2O2. The predicted octanol–water partition coefficient (Wildman–Crippen LogP) is 3.23. The highest BCUT2D eigenvalue weighted by atomic mass is 16.2. The van der Waals surface area contributed by atoms with E-state index in [2.05, 4.69) is 11.8 Å². The third-order valence-corrected chi connectivity index (χ3v) is 5.67. The Balaban J connectivity index is 1.40. The summed E-state index contributed by atoms with van der Waals surface area (Å²) in [7, 11) is 0. The van der Waals surface area contributed by atoms with Crippen molar-refractivity contribution >= 4 is 11.7 Å². The molecule has 2 heterocycles. The van der Waals surface area contributed by atoms with Crippen LogP contribution in [0.5, 0.6) is 0 Å². The van der Waals surface area contributed by atoms with Crippen molar-refractivity contribution in [3.05, 3.63) is 35.9 Å². The zero-order valence-electron chi connectivity index (χ0n) is 15.3. The number of piperidine rings is 2. The standard InChI is InChI=1S/C21H30N2O2/c1-17-6-5-12-23(16-17)20(24)11-15-22-13-9-19(10-14-22)21(25)18-7-3-2-4-8-18/h2-4,7-8,17,19H,5-6,9-16H2,1H3/t17-/m0/s1. The minimum absolute atomic E-state index is 0.136. The number of benzene rings is 1. The number of ketones is 1. The highest BCUT2D eigenvalue weighted by Gasteiger charge is 2.26. The first kappa shape index (κ1) is 18.1. The molecule has 4 heteroatoms. The van der Waals surface area contributed by atoms with E-state index in [0.717, 1.165) is 57.5 Å².